The number of aldehydes is 1. The maximum atomic E-state index is 12.4. The Morgan fingerprint density at radius 2 is 2.25 bits per heavy atom. The van der Waals surface area contributed by atoms with Crippen molar-refractivity contribution in [3.8, 4) is 0 Å². The molecule has 9 heteroatoms. The summed E-state index contributed by atoms with van der Waals surface area (Å²) in [5.41, 5.74) is 2.24. The molecule has 1 aliphatic carbocycles. The second kappa shape index (κ2) is 7.40. The summed E-state index contributed by atoms with van der Waals surface area (Å²) in [6, 6.07) is 5.72. The predicted octanol–water partition coefficient (Wildman–Crippen LogP) is 2.30. The highest BCUT2D eigenvalue weighted by atomic mass is 79.9. The minimum Gasteiger partial charge on any atom is -0.298 e. The standard InChI is InChI=1S/C19H19BrN6O2/c1-25(10-17(28)23-18-22-16-9-21-6-7-26(16)24-18)12-19(4-5-19)15-8-14(20)3-2-13(15)11-27/h2-3,6-9,11H,4-5,10,12H2,1H3,(H,23,24,28). The number of anilines is 1. The smallest absolute Gasteiger partial charge is 0.249 e. The number of benzene rings is 1. The van der Waals surface area contributed by atoms with Gasteiger partial charge in [-0.1, -0.05) is 22.0 Å². The van der Waals surface area contributed by atoms with Gasteiger partial charge < -0.3 is 0 Å². The monoisotopic (exact) mass is 442 g/mol. The van der Waals surface area contributed by atoms with Crippen LogP contribution in [0.3, 0.4) is 0 Å². The third-order valence-electron chi connectivity index (χ3n) is 4.95. The molecule has 1 aliphatic rings. The molecule has 1 aromatic carbocycles. The van der Waals surface area contributed by atoms with Crippen LogP contribution >= 0.6 is 15.9 Å². The third kappa shape index (κ3) is 3.81. The fourth-order valence-electron chi connectivity index (χ4n) is 3.53. The van der Waals surface area contributed by atoms with Crippen LogP contribution in [0.5, 0.6) is 0 Å². The van der Waals surface area contributed by atoms with Crippen molar-refractivity contribution in [2.75, 3.05) is 25.5 Å². The van der Waals surface area contributed by atoms with E-state index in [-0.39, 0.29) is 23.8 Å². The highest BCUT2D eigenvalue weighted by Crippen LogP contribution is 2.50. The molecule has 1 fully saturated rings. The zero-order valence-electron chi connectivity index (χ0n) is 15.3. The maximum Gasteiger partial charge on any atom is 0.249 e. The number of carbonyl (C=O) groups excluding carboxylic acids is 2. The summed E-state index contributed by atoms with van der Waals surface area (Å²) >= 11 is 3.49. The molecule has 1 saturated carbocycles. The van der Waals surface area contributed by atoms with Gasteiger partial charge >= 0.3 is 0 Å². The minimum absolute atomic E-state index is 0.0813. The van der Waals surface area contributed by atoms with Gasteiger partial charge in [0.05, 0.1) is 12.7 Å². The Hall–Kier alpha value is -2.65. The van der Waals surface area contributed by atoms with Gasteiger partial charge in [0.2, 0.25) is 11.9 Å². The van der Waals surface area contributed by atoms with Crippen molar-refractivity contribution in [3.05, 3.63) is 52.4 Å². The molecule has 0 spiro atoms. The summed E-state index contributed by atoms with van der Waals surface area (Å²) in [5, 5.41) is 6.92. The van der Waals surface area contributed by atoms with Crippen LogP contribution in [0.25, 0.3) is 5.65 Å². The summed E-state index contributed by atoms with van der Waals surface area (Å²) in [6.07, 6.45) is 7.75. The van der Waals surface area contributed by atoms with Crippen molar-refractivity contribution in [2.45, 2.75) is 18.3 Å². The summed E-state index contributed by atoms with van der Waals surface area (Å²) in [6.45, 7) is 0.903. The van der Waals surface area contributed by atoms with Crippen LogP contribution in [-0.4, -0.2) is 56.8 Å². The van der Waals surface area contributed by atoms with Crippen LogP contribution < -0.4 is 5.32 Å². The van der Waals surface area contributed by atoms with Gasteiger partial charge in [-0.3, -0.25) is 24.8 Å². The van der Waals surface area contributed by atoms with Crippen LogP contribution in [0.15, 0.2) is 41.3 Å². The number of amides is 1. The zero-order chi connectivity index (χ0) is 19.7. The van der Waals surface area contributed by atoms with Gasteiger partial charge in [0.25, 0.3) is 0 Å². The SMILES string of the molecule is CN(CC(=O)Nc1nc2cnccn2n1)CC1(c2cc(Br)ccc2C=O)CC1. The molecule has 1 N–H and O–H groups in total. The number of fused-ring (bicyclic) bond motifs is 1. The molecule has 4 rings (SSSR count). The first kappa shape index (κ1) is 18.7. The molecule has 3 aromatic rings. The molecule has 0 radical (unpaired) electrons. The molecule has 2 aromatic heterocycles. The summed E-state index contributed by atoms with van der Waals surface area (Å²) in [4.78, 5) is 34.0. The molecule has 0 aliphatic heterocycles. The molecule has 2 heterocycles. The minimum atomic E-state index is -0.188. The van der Waals surface area contributed by atoms with Gasteiger partial charge in [0.15, 0.2) is 5.65 Å². The van der Waals surface area contributed by atoms with Crippen molar-refractivity contribution in [3.63, 3.8) is 0 Å². The van der Waals surface area contributed by atoms with Gasteiger partial charge in [-0.15, -0.1) is 5.10 Å². The van der Waals surface area contributed by atoms with Gasteiger partial charge in [-0.2, -0.15) is 4.98 Å². The van der Waals surface area contributed by atoms with E-state index in [0.717, 1.165) is 29.2 Å². The van der Waals surface area contributed by atoms with Gasteiger partial charge in [-0.25, -0.2) is 4.52 Å². The van der Waals surface area contributed by atoms with Crippen LogP contribution in [0.1, 0.15) is 28.8 Å². The van der Waals surface area contributed by atoms with Gasteiger partial charge in [-0.05, 0) is 37.6 Å². The van der Waals surface area contributed by atoms with E-state index in [1.165, 1.54) is 0 Å². The average molecular weight is 443 g/mol. The van der Waals surface area contributed by atoms with E-state index < -0.39 is 0 Å². The summed E-state index contributed by atoms with van der Waals surface area (Å²) in [7, 11) is 1.90. The normalized spacial score (nSPS) is 15.0. The average Bonchev–Trinajstić information content (AvgIpc) is 3.32. The number of aromatic nitrogens is 4. The van der Waals surface area contributed by atoms with E-state index in [1.807, 2.05) is 30.1 Å². The van der Waals surface area contributed by atoms with Crippen LogP contribution in [-0.2, 0) is 10.2 Å². The second-order valence-electron chi connectivity index (χ2n) is 7.16. The van der Waals surface area contributed by atoms with Gasteiger partial charge in [0, 0.05) is 34.4 Å². The molecule has 1 amide bonds. The van der Waals surface area contributed by atoms with Crippen molar-refractivity contribution in [1.29, 1.82) is 0 Å². The lowest BCUT2D eigenvalue weighted by Gasteiger charge is -2.24. The molecular formula is C19H19BrN6O2. The van der Waals surface area contributed by atoms with Gasteiger partial charge in [0.1, 0.15) is 6.29 Å². The molecule has 8 nitrogen and oxygen atoms in total. The molecule has 0 bridgehead atoms. The number of nitrogens with zero attached hydrogens (tertiary/aromatic N) is 5. The maximum absolute atomic E-state index is 12.4. The Balaban J connectivity index is 1.41. The first-order valence-corrected chi connectivity index (χ1v) is 9.68. The predicted molar refractivity (Wildman–Crippen MR) is 107 cm³/mol. The van der Waals surface area contributed by atoms with Crippen LogP contribution in [0, 0.1) is 0 Å². The van der Waals surface area contributed by atoms with Crippen LogP contribution in [0.4, 0.5) is 5.95 Å². The first-order chi connectivity index (χ1) is 13.5. The van der Waals surface area contributed by atoms with Crippen molar-refractivity contribution >= 4 is 39.7 Å². The fourth-order valence-corrected chi connectivity index (χ4v) is 3.89. The van der Waals surface area contributed by atoms with E-state index in [2.05, 4.69) is 36.3 Å². The summed E-state index contributed by atoms with van der Waals surface area (Å²) < 4.78 is 2.51. The number of rotatable bonds is 7. The zero-order valence-corrected chi connectivity index (χ0v) is 16.9. The number of hydrogen-bond acceptors (Lipinski definition) is 6. The van der Waals surface area contributed by atoms with E-state index in [1.54, 1.807) is 23.1 Å². The number of likely N-dealkylation sites (N-methyl/N-ethyl adjacent to an activating group) is 1. The Bertz CT molecular complexity index is 1010. The molecule has 0 saturated heterocycles. The Labute approximate surface area is 170 Å². The van der Waals surface area contributed by atoms with E-state index in [4.69, 9.17) is 0 Å². The molecule has 144 valence electrons. The number of hydrogen-bond donors (Lipinski definition) is 1. The topological polar surface area (TPSA) is 92.5 Å². The quantitative estimate of drug-likeness (QED) is 0.564. The fraction of sp³-hybridized carbons (Fsp3) is 0.316. The summed E-state index contributed by atoms with van der Waals surface area (Å²) in [5.74, 6) is 0.0646. The van der Waals surface area contributed by atoms with E-state index >= 15 is 0 Å². The van der Waals surface area contributed by atoms with Crippen LogP contribution in [0.2, 0.25) is 0 Å². The Morgan fingerprint density at radius 3 is 2.96 bits per heavy atom. The number of halogens is 1. The highest BCUT2D eigenvalue weighted by Gasteiger charge is 2.46. The van der Waals surface area contributed by atoms with Crippen molar-refractivity contribution in [2.24, 2.45) is 0 Å². The lowest BCUT2D eigenvalue weighted by molar-refractivity contribution is -0.117. The Morgan fingerprint density at radius 1 is 1.43 bits per heavy atom. The first-order valence-electron chi connectivity index (χ1n) is 8.89. The lowest BCUT2D eigenvalue weighted by Crippen LogP contribution is -2.36. The highest BCUT2D eigenvalue weighted by molar-refractivity contribution is 9.10. The number of nitrogens with one attached hydrogen (secondary N) is 1. The van der Waals surface area contributed by atoms with Crippen molar-refractivity contribution in [1.82, 2.24) is 24.5 Å². The van der Waals surface area contributed by atoms with E-state index in [0.29, 0.717) is 17.8 Å². The second-order valence-corrected chi connectivity index (χ2v) is 8.08. The third-order valence-corrected chi connectivity index (χ3v) is 5.44. The molecular weight excluding hydrogens is 424 g/mol. The number of carbonyl (C=O) groups is 2. The largest absolute Gasteiger partial charge is 0.298 e. The Kier molecular flexibility index (Phi) is 4.94. The molecule has 0 unspecified atom stereocenters. The van der Waals surface area contributed by atoms with Crippen molar-refractivity contribution < 1.29 is 9.59 Å². The molecule has 28 heavy (non-hydrogen) atoms. The lowest BCUT2D eigenvalue weighted by atomic mass is 9.91. The van der Waals surface area contributed by atoms with E-state index in [9.17, 15) is 9.59 Å². The molecule has 0 atom stereocenters.